The maximum absolute atomic E-state index is 12.7. The lowest BCUT2D eigenvalue weighted by atomic mass is 9.79. The van der Waals surface area contributed by atoms with Crippen LogP contribution < -0.4 is 5.32 Å². The van der Waals surface area contributed by atoms with E-state index < -0.39 is 5.97 Å². The van der Waals surface area contributed by atoms with Crippen LogP contribution in [0.4, 0.5) is 0 Å². The van der Waals surface area contributed by atoms with Gasteiger partial charge in [0.25, 0.3) is 0 Å². The number of nitrogens with one attached hydrogen (secondary N) is 1. The number of hydrogen-bond acceptors (Lipinski definition) is 3. The zero-order valence-electron chi connectivity index (χ0n) is 13.1. The van der Waals surface area contributed by atoms with Crippen LogP contribution in [0.25, 0.3) is 0 Å². The molecule has 2 fully saturated rings. The Bertz CT molecular complexity index is 372. The van der Waals surface area contributed by atoms with Crippen LogP contribution in [0.2, 0.25) is 0 Å². The monoisotopic (exact) mass is 296 g/mol. The van der Waals surface area contributed by atoms with Gasteiger partial charge in [0.1, 0.15) is 6.54 Å². The Kier molecular flexibility index (Phi) is 5.62. The molecule has 0 heterocycles. The summed E-state index contributed by atoms with van der Waals surface area (Å²) in [6.45, 7) is -0.150. The van der Waals surface area contributed by atoms with Gasteiger partial charge in [-0.05, 0) is 32.7 Å². The number of rotatable bonds is 6. The van der Waals surface area contributed by atoms with Crippen molar-refractivity contribution in [1.82, 2.24) is 10.2 Å². The van der Waals surface area contributed by atoms with Gasteiger partial charge in [-0.25, -0.2) is 0 Å². The molecule has 0 radical (unpaired) electrons. The maximum atomic E-state index is 12.7. The number of amides is 1. The molecule has 5 heteroatoms. The molecule has 0 aromatic heterocycles. The smallest absolute Gasteiger partial charge is 0.323 e. The number of aliphatic carboxylic acids is 1. The molecule has 21 heavy (non-hydrogen) atoms. The Morgan fingerprint density at radius 3 is 2.29 bits per heavy atom. The van der Waals surface area contributed by atoms with Gasteiger partial charge in [-0.2, -0.15) is 0 Å². The molecule has 2 N–H and O–H groups in total. The van der Waals surface area contributed by atoms with Crippen LogP contribution in [0.15, 0.2) is 0 Å². The quantitative estimate of drug-likeness (QED) is 0.788. The van der Waals surface area contributed by atoms with Gasteiger partial charge in [0.2, 0.25) is 5.91 Å². The van der Waals surface area contributed by atoms with Crippen molar-refractivity contribution in [3.63, 3.8) is 0 Å². The van der Waals surface area contributed by atoms with Gasteiger partial charge in [0.05, 0.1) is 0 Å². The van der Waals surface area contributed by atoms with Crippen LogP contribution in [0, 0.1) is 0 Å². The fraction of sp³-hybridized carbons (Fsp3) is 0.875. The third kappa shape index (κ3) is 4.19. The largest absolute Gasteiger partial charge is 0.480 e. The van der Waals surface area contributed by atoms with Crippen molar-refractivity contribution in [3.05, 3.63) is 0 Å². The zero-order valence-corrected chi connectivity index (χ0v) is 13.1. The second kappa shape index (κ2) is 7.25. The van der Waals surface area contributed by atoms with Gasteiger partial charge in [0, 0.05) is 18.0 Å². The van der Waals surface area contributed by atoms with E-state index in [1.54, 1.807) is 4.90 Å². The van der Waals surface area contributed by atoms with E-state index >= 15 is 0 Å². The van der Waals surface area contributed by atoms with E-state index in [0.717, 1.165) is 51.4 Å². The van der Waals surface area contributed by atoms with Crippen LogP contribution in [-0.2, 0) is 9.59 Å². The predicted molar refractivity (Wildman–Crippen MR) is 81.1 cm³/mol. The first-order valence-electron chi connectivity index (χ1n) is 8.26. The van der Waals surface area contributed by atoms with E-state index in [9.17, 15) is 9.59 Å². The van der Waals surface area contributed by atoms with Crippen LogP contribution in [0.3, 0.4) is 0 Å². The summed E-state index contributed by atoms with van der Waals surface area (Å²) < 4.78 is 0. The van der Waals surface area contributed by atoms with Crippen molar-refractivity contribution >= 4 is 11.9 Å². The van der Waals surface area contributed by atoms with E-state index in [1.165, 1.54) is 6.42 Å². The third-order valence-corrected chi connectivity index (χ3v) is 5.22. The molecule has 0 saturated heterocycles. The van der Waals surface area contributed by atoms with Gasteiger partial charge in [0.15, 0.2) is 0 Å². The van der Waals surface area contributed by atoms with E-state index in [0.29, 0.717) is 6.42 Å². The molecule has 2 aliphatic rings. The topological polar surface area (TPSA) is 69.6 Å². The van der Waals surface area contributed by atoms with Crippen LogP contribution >= 0.6 is 0 Å². The molecular weight excluding hydrogens is 268 g/mol. The van der Waals surface area contributed by atoms with Crippen molar-refractivity contribution in [2.45, 2.75) is 75.8 Å². The first-order valence-corrected chi connectivity index (χ1v) is 8.26. The molecule has 0 aliphatic heterocycles. The first kappa shape index (κ1) is 16.3. The van der Waals surface area contributed by atoms with Crippen molar-refractivity contribution in [2.24, 2.45) is 0 Å². The standard InChI is InChI=1S/C16H28N2O3/c1-17-16(9-5-2-6-10-16)11-14(19)18(12-15(20)21)13-7-3-4-8-13/h13,17H,2-12H2,1H3,(H,20,21). The van der Waals surface area contributed by atoms with Gasteiger partial charge >= 0.3 is 5.97 Å². The van der Waals surface area contributed by atoms with Crippen LogP contribution in [-0.4, -0.2) is 47.1 Å². The first-order chi connectivity index (χ1) is 10.1. The van der Waals surface area contributed by atoms with Crippen molar-refractivity contribution in [1.29, 1.82) is 0 Å². The van der Waals surface area contributed by atoms with Crippen molar-refractivity contribution in [2.75, 3.05) is 13.6 Å². The molecule has 0 atom stereocenters. The minimum Gasteiger partial charge on any atom is -0.480 e. The highest BCUT2D eigenvalue weighted by atomic mass is 16.4. The van der Waals surface area contributed by atoms with E-state index in [4.69, 9.17) is 5.11 Å². The highest BCUT2D eigenvalue weighted by Gasteiger charge is 2.36. The molecule has 2 aliphatic carbocycles. The van der Waals surface area contributed by atoms with E-state index in [2.05, 4.69) is 5.32 Å². The van der Waals surface area contributed by atoms with E-state index in [-0.39, 0.29) is 24.0 Å². The zero-order chi connectivity index (χ0) is 15.3. The molecule has 0 aromatic carbocycles. The number of nitrogens with zero attached hydrogens (tertiary/aromatic N) is 1. The van der Waals surface area contributed by atoms with Gasteiger partial charge in [-0.15, -0.1) is 0 Å². The molecule has 2 saturated carbocycles. The summed E-state index contributed by atoms with van der Waals surface area (Å²) in [6, 6.07) is 0.131. The lowest BCUT2D eigenvalue weighted by Gasteiger charge is -2.39. The average Bonchev–Trinajstić information content (AvgIpc) is 2.99. The predicted octanol–water partition coefficient (Wildman–Crippen LogP) is 2.15. The number of hydrogen-bond donors (Lipinski definition) is 2. The average molecular weight is 296 g/mol. The molecule has 0 unspecified atom stereocenters. The lowest BCUT2D eigenvalue weighted by Crippen LogP contribution is -2.51. The molecular formula is C16H28N2O3. The summed E-state index contributed by atoms with van der Waals surface area (Å²) in [7, 11) is 1.93. The van der Waals surface area contributed by atoms with Gasteiger partial charge in [-0.1, -0.05) is 32.1 Å². The number of carbonyl (C=O) groups is 2. The Morgan fingerprint density at radius 1 is 1.14 bits per heavy atom. The third-order valence-electron chi connectivity index (χ3n) is 5.22. The Morgan fingerprint density at radius 2 is 1.76 bits per heavy atom. The number of carboxylic acids is 1. The summed E-state index contributed by atoms with van der Waals surface area (Å²) in [4.78, 5) is 25.5. The number of carbonyl (C=O) groups excluding carboxylic acids is 1. The van der Waals surface area contributed by atoms with Crippen molar-refractivity contribution < 1.29 is 14.7 Å². The second-order valence-corrected chi connectivity index (χ2v) is 6.62. The minimum absolute atomic E-state index is 0.0144. The second-order valence-electron chi connectivity index (χ2n) is 6.62. The fourth-order valence-corrected chi connectivity index (χ4v) is 3.92. The van der Waals surface area contributed by atoms with Gasteiger partial charge < -0.3 is 15.3 Å². The molecule has 5 nitrogen and oxygen atoms in total. The fourth-order valence-electron chi connectivity index (χ4n) is 3.92. The minimum atomic E-state index is -0.905. The Hall–Kier alpha value is -1.10. The van der Waals surface area contributed by atoms with Crippen LogP contribution in [0.1, 0.15) is 64.2 Å². The molecule has 0 bridgehead atoms. The molecule has 0 spiro atoms. The summed E-state index contributed by atoms with van der Waals surface area (Å²) in [6.07, 6.45) is 10.1. The molecule has 1 amide bonds. The van der Waals surface area contributed by atoms with E-state index in [1.807, 2.05) is 7.05 Å². The lowest BCUT2D eigenvalue weighted by molar-refractivity contribution is -0.147. The summed E-state index contributed by atoms with van der Waals surface area (Å²) in [5.41, 5.74) is -0.120. The maximum Gasteiger partial charge on any atom is 0.323 e. The Labute approximate surface area is 127 Å². The molecule has 0 aromatic rings. The van der Waals surface area contributed by atoms with Gasteiger partial charge in [-0.3, -0.25) is 9.59 Å². The number of carboxylic acid groups (broad SMARTS) is 1. The summed E-state index contributed by atoms with van der Waals surface area (Å²) >= 11 is 0. The SMILES string of the molecule is CNC1(CC(=O)N(CC(=O)O)C2CCCC2)CCCCC1. The normalized spacial score (nSPS) is 22.1. The molecule has 2 rings (SSSR count). The highest BCUT2D eigenvalue weighted by Crippen LogP contribution is 2.32. The highest BCUT2D eigenvalue weighted by molar-refractivity contribution is 5.82. The van der Waals surface area contributed by atoms with Crippen molar-refractivity contribution in [3.8, 4) is 0 Å². The molecule has 120 valence electrons. The van der Waals surface area contributed by atoms with Crippen LogP contribution in [0.5, 0.6) is 0 Å². The summed E-state index contributed by atoms with van der Waals surface area (Å²) in [5.74, 6) is -0.891. The Balaban J connectivity index is 2.04. The summed E-state index contributed by atoms with van der Waals surface area (Å²) in [5, 5.41) is 12.5.